The minimum Gasteiger partial charge on any atom is -0.389 e. The van der Waals surface area contributed by atoms with Gasteiger partial charge in [-0.1, -0.05) is 0 Å². The highest BCUT2D eigenvalue weighted by atomic mass is 16.3. The lowest BCUT2D eigenvalue weighted by molar-refractivity contribution is 0.100. The van der Waals surface area contributed by atoms with E-state index < -0.39 is 12.0 Å². The molecule has 0 radical (unpaired) electrons. The Morgan fingerprint density at radius 1 is 1.42 bits per heavy atom. The molecule has 2 rings (SSSR count). The first kappa shape index (κ1) is 13.1. The number of benzene rings is 1. The van der Waals surface area contributed by atoms with Crippen molar-refractivity contribution in [3.63, 3.8) is 0 Å². The summed E-state index contributed by atoms with van der Waals surface area (Å²) in [6.07, 6.45) is 2.92. The third-order valence-electron chi connectivity index (χ3n) is 2.67. The standard InChI is InChI=1S/C13H16N4O2/c14-13(19)10-2-4-11(5-3-10)15-8-12(18)9-17-7-1-6-16-17/h1-7,12,15,18H,8-9H2,(H2,14,19). The Kier molecular flexibility index (Phi) is 4.15. The predicted molar refractivity (Wildman–Crippen MR) is 71.7 cm³/mol. The summed E-state index contributed by atoms with van der Waals surface area (Å²) in [5.74, 6) is -0.453. The largest absolute Gasteiger partial charge is 0.389 e. The fraction of sp³-hybridized carbons (Fsp3) is 0.231. The van der Waals surface area contributed by atoms with Gasteiger partial charge in [0.2, 0.25) is 5.91 Å². The summed E-state index contributed by atoms with van der Waals surface area (Å²) < 4.78 is 1.67. The van der Waals surface area contributed by atoms with E-state index in [0.29, 0.717) is 18.7 Å². The Labute approximate surface area is 110 Å². The number of carbonyl (C=O) groups excluding carboxylic acids is 1. The number of aliphatic hydroxyl groups excluding tert-OH is 1. The van der Waals surface area contributed by atoms with Gasteiger partial charge in [-0.05, 0) is 30.3 Å². The van der Waals surface area contributed by atoms with Gasteiger partial charge in [0.25, 0.3) is 0 Å². The van der Waals surface area contributed by atoms with E-state index in [-0.39, 0.29) is 0 Å². The monoisotopic (exact) mass is 260 g/mol. The minimum absolute atomic E-state index is 0.399. The summed E-state index contributed by atoms with van der Waals surface area (Å²) >= 11 is 0. The number of nitrogens with zero attached hydrogens (tertiary/aromatic N) is 2. The van der Waals surface area contributed by atoms with Crippen LogP contribution < -0.4 is 11.1 Å². The second-order valence-corrected chi connectivity index (χ2v) is 4.20. The van der Waals surface area contributed by atoms with Crippen molar-refractivity contribution in [2.24, 2.45) is 5.73 Å². The zero-order valence-electron chi connectivity index (χ0n) is 10.4. The molecular weight excluding hydrogens is 244 g/mol. The lowest BCUT2D eigenvalue weighted by Gasteiger charge is -2.13. The van der Waals surface area contributed by atoms with Gasteiger partial charge in [-0.3, -0.25) is 9.48 Å². The molecule has 0 aliphatic carbocycles. The highest BCUT2D eigenvalue weighted by molar-refractivity contribution is 5.93. The average molecular weight is 260 g/mol. The number of nitrogens with one attached hydrogen (secondary N) is 1. The van der Waals surface area contributed by atoms with Crippen molar-refractivity contribution in [1.82, 2.24) is 9.78 Å². The van der Waals surface area contributed by atoms with Crippen LogP contribution in [0.2, 0.25) is 0 Å². The number of aliphatic hydroxyl groups is 1. The molecule has 0 aliphatic rings. The quantitative estimate of drug-likeness (QED) is 0.703. The first-order valence-electron chi connectivity index (χ1n) is 5.94. The summed E-state index contributed by atoms with van der Waals surface area (Å²) in [6, 6.07) is 8.60. The number of carbonyl (C=O) groups is 1. The highest BCUT2D eigenvalue weighted by Gasteiger charge is 2.05. The Bertz CT molecular complexity index is 522. The summed E-state index contributed by atoms with van der Waals surface area (Å²) in [6.45, 7) is 0.829. The number of primary amides is 1. The van der Waals surface area contributed by atoms with Gasteiger partial charge in [0, 0.05) is 30.2 Å². The molecule has 0 saturated carbocycles. The van der Waals surface area contributed by atoms with Crippen LogP contribution in [0.1, 0.15) is 10.4 Å². The number of rotatable bonds is 6. The van der Waals surface area contributed by atoms with E-state index in [0.717, 1.165) is 5.69 Å². The first-order valence-corrected chi connectivity index (χ1v) is 5.94. The van der Waals surface area contributed by atoms with Crippen LogP contribution in [0.15, 0.2) is 42.7 Å². The Balaban J connectivity index is 1.83. The Morgan fingerprint density at radius 3 is 2.74 bits per heavy atom. The van der Waals surface area contributed by atoms with Gasteiger partial charge in [-0.25, -0.2) is 0 Å². The third-order valence-corrected chi connectivity index (χ3v) is 2.67. The van der Waals surface area contributed by atoms with Gasteiger partial charge in [-0.2, -0.15) is 5.10 Å². The fourth-order valence-electron chi connectivity index (χ4n) is 1.68. The zero-order chi connectivity index (χ0) is 13.7. The second-order valence-electron chi connectivity index (χ2n) is 4.20. The normalized spacial score (nSPS) is 12.1. The second kappa shape index (κ2) is 6.01. The molecule has 19 heavy (non-hydrogen) atoms. The summed E-state index contributed by atoms with van der Waals surface area (Å²) in [5, 5.41) is 16.9. The van der Waals surface area contributed by atoms with Gasteiger partial charge >= 0.3 is 0 Å². The molecule has 1 atom stereocenters. The number of amides is 1. The molecule has 6 nitrogen and oxygen atoms in total. The van der Waals surface area contributed by atoms with Crippen LogP contribution >= 0.6 is 0 Å². The third kappa shape index (κ3) is 3.82. The number of anilines is 1. The number of nitrogens with two attached hydrogens (primary N) is 1. The van der Waals surface area contributed by atoms with Gasteiger partial charge < -0.3 is 16.2 Å². The number of aromatic nitrogens is 2. The summed E-state index contributed by atoms with van der Waals surface area (Å²) in [4.78, 5) is 10.9. The lowest BCUT2D eigenvalue weighted by Crippen LogP contribution is -2.25. The maximum atomic E-state index is 10.9. The van der Waals surface area contributed by atoms with Crippen molar-refractivity contribution in [1.29, 1.82) is 0 Å². The smallest absolute Gasteiger partial charge is 0.248 e. The molecule has 0 aliphatic heterocycles. The van der Waals surface area contributed by atoms with Crippen LogP contribution in [0, 0.1) is 0 Å². The summed E-state index contributed by atoms with van der Waals surface area (Å²) in [5.41, 5.74) is 6.44. The van der Waals surface area contributed by atoms with Crippen molar-refractivity contribution in [2.45, 2.75) is 12.6 Å². The van der Waals surface area contributed by atoms with Crippen molar-refractivity contribution in [3.05, 3.63) is 48.3 Å². The van der Waals surface area contributed by atoms with Crippen LogP contribution in [-0.2, 0) is 6.54 Å². The van der Waals surface area contributed by atoms with E-state index in [2.05, 4.69) is 10.4 Å². The van der Waals surface area contributed by atoms with E-state index >= 15 is 0 Å². The maximum Gasteiger partial charge on any atom is 0.248 e. The van der Waals surface area contributed by atoms with Crippen molar-refractivity contribution in [3.8, 4) is 0 Å². The maximum absolute atomic E-state index is 10.9. The minimum atomic E-state index is -0.546. The van der Waals surface area contributed by atoms with Crippen molar-refractivity contribution >= 4 is 11.6 Å². The molecule has 4 N–H and O–H groups in total. The van der Waals surface area contributed by atoms with E-state index in [1.54, 1.807) is 41.3 Å². The van der Waals surface area contributed by atoms with Crippen LogP contribution in [0.5, 0.6) is 0 Å². The van der Waals surface area contributed by atoms with Crippen LogP contribution in [0.3, 0.4) is 0 Å². The molecular formula is C13H16N4O2. The van der Waals surface area contributed by atoms with Crippen molar-refractivity contribution < 1.29 is 9.90 Å². The summed E-state index contributed by atoms with van der Waals surface area (Å²) in [7, 11) is 0. The van der Waals surface area contributed by atoms with Gasteiger partial charge in [0.05, 0.1) is 12.6 Å². The number of hydrogen-bond donors (Lipinski definition) is 3. The predicted octanol–water partition coefficient (Wildman–Crippen LogP) is 0.455. The molecule has 2 aromatic rings. The van der Waals surface area contributed by atoms with E-state index in [4.69, 9.17) is 5.73 Å². The molecule has 100 valence electrons. The van der Waals surface area contributed by atoms with Gasteiger partial charge in [0.1, 0.15) is 0 Å². The molecule has 1 amide bonds. The average Bonchev–Trinajstić information content (AvgIpc) is 2.89. The molecule has 1 aromatic carbocycles. The Hall–Kier alpha value is -2.34. The number of hydrogen-bond acceptors (Lipinski definition) is 4. The molecule has 6 heteroatoms. The van der Waals surface area contributed by atoms with Crippen LogP contribution in [0.25, 0.3) is 0 Å². The molecule has 0 fully saturated rings. The molecule has 0 bridgehead atoms. The first-order chi connectivity index (χ1) is 9.15. The zero-order valence-corrected chi connectivity index (χ0v) is 10.4. The van der Waals surface area contributed by atoms with E-state index in [9.17, 15) is 9.90 Å². The van der Waals surface area contributed by atoms with Gasteiger partial charge in [0.15, 0.2) is 0 Å². The van der Waals surface area contributed by atoms with E-state index in [1.165, 1.54) is 0 Å². The lowest BCUT2D eigenvalue weighted by atomic mass is 10.2. The SMILES string of the molecule is NC(=O)c1ccc(NCC(O)Cn2cccn2)cc1. The molecule has 0 spiro atoms. The molecule has 1 aromatic heterocycles. The molecule has 1 unspecified atom stereocenters. The van der Waals surface area contributed by atoms with Gasteiger partial charge in [-0.15, -0.1) is 0 Å². The Morgan fingerprint density at radius 2 is 2.16 bits per heavy atom. The highest BCUT2D eigenvalue weighted by Crippen LogP contribution is 2.09. The topological polar surface area (TPSA) is 93.2 Å². The van der Waals surface area contributed by atoms with Crippen LogP contribution in [-0.4, -0.2) is 33.4 Å². The van der Waals surface area contributed by atoms with E-state index in [1.807, 2.05) is 6.07 Å². The van der Waals surface area contributed by atoms with Crippen LogP contribution in [0.4, 0.5) is 5.69 Å². The molecule has 0 saturated heterocycles. The molecule has 1 heterocycles. The van der Waals surface area contributed by atoms with Crippen molar-refractivity contribution in [2.75, 3.05) is 11.9 Å². The fourth-order valence-corrected chi connectivity index (χ4v) is 1.68.